The Kier molecular flexibility index (Phi) is 10.5. The van der Waals surface area contributed by atoms with Gasteiger partial charge >= 0.3 is 0 Å². The molecule has 0 aliphatic heterocycles. The molecule has 0 aromatic heterocycles. The topological polar surface area (TPSA) is 105 Å². The predicted molar refractivity (Wildman–Crippen MR) is 150 cm³/mol. The van der Waals surface area contributed by atoms with Gasteiger partial charge in [-0.25, -0.2) is 12.8 Å². The van der Waals surface area contributed by atoms with E-state index in [0.717, 1.165) is 22.0 Å². The fourth-order valence-corrected chi connectivity index (χ4v) is 5.33. The van der Waals surface area contributed by atoms with Gasteiger partial charge in [0.15, 0.2) is 0 Å². The van der Waals surface area contributed by atoms with E-state index in [0.29, 0.717) is 24.5 Å². The Morgan fingerprint density at radius 3 is 1.98 bits per heavy atom. The Hall–Kier alpha value is -4.12. The largest absolute Gasteiger partial charge is 0.497 e. The van der Waals surface area contributed by atoms with Gasteiger partial charge in [0.25, 0.3) is 10.0 Å². The molecule has 3 aromatic carbocycles. The molecule has 0 fully saturated rings. The zero-order chi connectivity index (χ0) is 29.3. The molecule has 0 bridgehead atoms. The number of hydrogen-bond acceptors (Lipinski definition) is 6. The summed E-state index contributed by atoms with van der Waals surface area (Å²) in [6, 6.07) is 16.6. The zero-order valence-corrected chi connectivity index (χ0v) is 23.8. The number of halogens is 1. The van der Waals surface area contributed by atoms with Crippen LogP contribution in [0, 0.1) is 5.82 Å². The second-order valence-electron chi connectivity index (χ2n) is 9.00. The van der Waals surface area contributed by atoms with Gasteiger partial charge in [-0.3, -0.25) is 13.9 Å². The molecule has 0 saturated heterocycles. The predicted octanol–water partition coefficient (Wildman–Crippen LogP) is 3.98. The van der Waals surface area contributed by atoms with Crippen molar-refractivity contribution in [2.75, 3.05) is 31.6 Å². The molecule has 11 heteroatoms. The summed E-state index contributed by atoms with van der Waals surface area (Å²) in [7, 11) is -1.27. The van der Waals surface area contributed by atoms with Crippen molar-refractivity contribution in [3.05, 3.63) is 84.2 Å². The van der Waals surface area contributed by atoms with Crippen LogP contribution in [0.1, 0.15) is 25.8 Å². The second-order valence-corrected chi connectivity index (χ2v) is 10.9. The number of benzene rings is 3. The third-order valence-electron chi connectivity index (χ3n) is 6.27. The van der Waals surface area contributed by atoms with Gasteiger partial charge in [0.1, 0.15) is 29.9 Å². The van der Waals surface area contributed by atoms with Gasteiger partial charge in [0.2, 0.25) is 11.8 Å². The number of carbonyl (C=O) groups excluding carboxylic acids is 2. The van der Waals surface area contributed by atoms with Crippen molar-refractivity contribution in [2.45, 2.75) is 37.8 Å². The number of anilines is 1. The molecule has 1 atom stereocenters. The van der Waals surface area contributed by atoms with E-state index in [9.17, 15) is 22.4 Å². The number of methoxy groups -OCH3 is 2. The van der Waals surface area contributed by atoms with Crippen LogP contribution in [-0.4, -0.2) is 58.5 Å². The van der Waals surface area contributed by atoms with E-state index in [-0.39, 0.29) is 23.0 Å². The maximum Gasteiger partial charge on any atom is 0.264 e. The molecule has 0 unspecified atom stereocenters. The number of amides is 2. The summed E-state index contributed by atoms with van der Waals surface area (Å²) >= 11 is 0. The molecule has 0 aliphatic carbocycles. The molecule has 1 N–H and O–H groups in total. The van der Waals surface area contributed by atoms with E-state index in [4.69, 9.17) is 9.47 Å². The summed E-state index contributed by atoms with van der Waals surface area (Å²) in [5.41, 5.74) is 0.814. The molecule has 40 heavy (non-hydrogen) atoms. The number of nitrogens with zero attached hydrogens (tertiary/aromatic N) is 2. The maximum absolute atomic E-state index is 13.8. The number of ether oxygens (including phenoxy) is 2. The number of hydrogen-bond donors (Lipinski definition) is 1. The molecular weight excluding hydrogens is 537 g/mol. The zero-order valence-electron chi connectivity index (χ0n) is 23.0. The average Bonchev–Trinajstić information content (AvgIpc) is 2.97. The van der Waals surface area contributed by atoms with Gasteiger partial charge in [-0.1, -0.05) is 19.1 Å². The number of carbonyl (C=O) groups is 2. The van der Waals surface area contributed by atoms with Crippen molar-refractivity contribution in [1.82, 2.24) is 10.2 Å². The van der Waals surface area contributed by atoms with Crippen molar-refractivity contribution in [3.8, 4) is 11.5 Å². The van der Waals surface area contributed by atoms with Crippen LogP contribution in [0.4, 0.5) is 10.1 Å². The van der Waals surface area contributed by atoms with Crippen LogP contribution < -0.4 is 19.1 Å². The monoisotopic (exact) mass is 571 g/mol. The fourth-order valence-electron chi connectivity index (χ4n) is 3.92. The Morgan fingerprint density at radius 2 is 1.45 bits per heavy atom. The lowest BCUT2D eigenvalue weighted by molar-refractivity contribution is -0.139. The Bertz CT molecular complexity index is 1380. The number of rotatable bonds is 13. The van der Waals surface area contributed by atoms with E-state index in [2.05, 4.69) is 5.32 Å². The highest BCUT2D eigenvalue weighted by Gasteiger charge is 2.32. The number of nitrogens with one attached hydrogen (secondary N) is 1. The van der Waals surface area contributed by atoms with Crippen LogP contribution in [-0.2, 0) is 26.2 Å². The quantitative estimate of drug-likeness (QED) is 0.333. The lowest BCUT2D eigenvalue weighted by atomic mass is 10.1. The molecule has 0 spiro atoms. The molecule has 2 amide bonds. The van der Waals surface area contributed by atoms with Crippen LogP contribution in [0.3, 0.4) is 0 Å². The highest BCUT2D eigenvalue weighted by molar-refractivity contribution is 7.92. The second kappa shape index (κ2) is 13.8. The van der Waals surface area contributed by atoms with E-state index in [1.54, 1.807) is 31.2 Å². The Labute approximate surface area is 234 Å². The first kappa shape index (κ1) is 30.4. The molecule has 0 heterocycles. The smallest absolute Gasteiger partial charge is 0.264 e. The van der Waals surface area contributed by atoms with Gasteiger partial charge in [0, 0.05) is 13.1 Å². The standard InChI is InChI=1S/C29H34FN3O6S/c1-5-18-31-29(35)21(2)32(19-22-6-12-25(38-3)13-7-22)28(34)20-33(24-10-8-23(30)9-11-24)40(36,37)27-16-14-26(39-4)15-17-27/h6-17,21H,5,18-20H2,1-4H3,(H,31,35)/t21-/m0/s1. The normalized spacial score (nSPS) is 11.8. The first-order valence-corrected chi connectivity index (χ1v) is 14.2. The minimum atomic E-state index is -4.27. The van der Waals surface area contributed by atoms with Crippen molar-refractivity contribution < 1.29 is 31.9 Å². The van der Waals surface area contributed by atoms with Crippen LogP contribution in [0.15, 0.2) is 77.7 Å². The molecule has 0 saturated carbocycles. The Balaban J connectivity index is 2.00. The summed E-state index contributed by atoms with van der Waals surface area (Å²) < 4.78 is 52.5. The summed E-state index contributed by atoms with van der Waals surface area (Å²) in [6.45, 7) is 3.36. The van der Waals surface area contributed by atoms with Gasteiger partial charge in [-0.2, -0.15) is 0 Å². The fraction of sp³-hybridized carbons (Fsp3) is 0.310. The SMILES string of the molecule is CCCNC(=O)[C@H](C)N(Cc1ccc(OC)cc1)C(=O)CN(c1ccc(F)cc1)S(=O)(=O)c1ccc(OC)cc1. The number of sulfonamides is 1. The van der Waals surface area contributed by atoms with Crippen molar-refractivity contribution in [3.63, 3.8) is 0 Å². The maximum atomic E-state index is 13.8. The van der Waals surface area contributed by atoms with Gasteiger partial charge < -0.3 is 19.7 Å². The van der Waals surface area contributed by atoms with Crippen LogP contribution >= 0.6 is 0 Å². The molecule has 3 rings (SSSR count). The first-order chi connectivity index (χ1) is 19.1. The minimum absolute atomic E-state index is 0.0450. The minimum Gasteiger partial charge on any atom is -0.497 e. The van der Waals surface area contributed by atoms with Crippen LogP contribution in [0.2, 0.25) is 0 Å². The molecular formula is C29H34FN3O6S. The van der Waals surface area contributed by atoms with Crippen molar-refractivity contribution >= 4 is 27.5 Å². The van der Waals surface area contributed by atoms with Crippen molar-refractivity contribution in [2.24, 2.45) is 0 Å². The molecule has 0 radical (unpaired) electrons. The summed E-state index contributed by atoms with van der Waals surface area (Å²) in [5.74, 6) is -0.449. The molecule has 9 nitrogen and oxygen atoms in total. The van der Waals surface area contributed by atoms with E-state index in [1.807, 2.05) is 6.92 Å². The summed E-state index contributed by atoms with van der Waals surface area (Å²) in [4.78, 5) is 28.0. The third-order valence-corrected chi connectivity index (χ3v) is 8.06. The van der Waals surface area contributed by atoms with Crippen molar-refractivity contribution in [1.29, 1.82) is 0 Å². The summed E-state index contributed by atoms with van der Waals surface area (Å²) in [5, 5.41) is 2.79. The Morgan fingerprint density at radius 1 is 0.900 bits per heavy atom. The summed E-state index contributed by atoms with van der Waals surface area (Å²) in [6.07, 6.45) is 0.712. The molecule has 214 valence electrons. The van der Waals surface area contributed by atoms with E-state index in [1.165, 1.54) is 55.5 Å². The lowest BCUT2D eigenvalue weighted by Crippen LogP contribution is -2.51. The van der Waals surface area contributed by atoms with E-state index < -0.39 is 34.3 Å². The van der Waals surface area contributed by atoms with Gasteiger partial charge in [0.05, 0.1) is 24.8 Å². The molecule has 0 aliphatic rings. The lowest BCUT2D eigenvalue weighted by Gasteiger charge is -2.32. The van der Waals surface area contributed by atoms with Gasteiger partial charge in [-0.05, 0) is 79.6 Å². The highest BCUT2D eigenvalue weighted by Crippen LogP contribution is 2.26. The van der Waals surface area contributed by atoms with Crippen LogP contribution in [0.25, 0.3) is 0 Å². The first-order valence-electron chi connectivity index (χ1n) is 12.7. The highest BCUT2D eigenvalue weighted by atomic mass is 32.2. The van der Waals surface area contributed by atoms with Gasteiger partial charge in [-0.15, -0.1) is 0 Å². The molecule has 3 aromatic rings. The third kappa shape index (κ3) is 7.50. The average molecular weight is 572 g/mol. The van der Waals surface area contributed by atoms with E-state index >= 15 is 0 Å². The van der Waals surface area contributed by atoms with Crippen LogP contribution in [0.5, 0.6) is 11.5 Å².